The molecule has 10 nitrogen and oxygen atoms in total. The lowest BCUT2D eigenvalue weighted by Gasteiger charge is -2.36. The van der Waals surface area contributed by atoms with Gasteiger partial charge in [0.25, 0.3) is 0 Å². The minimum atomic E-state index is -3.73. The van der Waals surface area contributed by atoms with Gasteiger partial charge in [0.1, 0.15) is 22.2 Å². The van der Waals surface area contributed by atoms with Crippen LogP contribution in [0.3, 0.4) is 0 Å². The molecule has 2 aliphatic rings. The molecule has 2 fully saturated rings. The van der Waals surface area contributed by atoms with E-state index in [4.69, 9.17) is 14.5 Å². The van der Waals surface area contributed by atoms with Crippen LogP contribution in [-0.2, 0) is 10.0 Å². The van der Waals surface area contributed by atoms with Crippen LogP contribution in [0.5, 0.6) is 11.5 Å². The molecule has 1 aromatic heterocycles. The molecule has 0 amide bonds. The first kappa shape index (κ1) is 23.5. The fourth-order valence-electron chi connectivity index (χ4n) is 4.13. The Morgan fingerprint density at radius 1 is 0.848 bits per heavy atom. The van der Waals surface area contributed by atoms with Gasteiger partial charge < -0.3 is 24.2 Å². The molecule has 0 aliphatic carbocycles. The molecule has 0 bridgehead atoms. The number of rotatable bonds is 6. The predicted octanol–water partition coefficient (Wildman–Crippen LogP) is 1.06. The molecule has 1 aromatic carbocycles. The van der Waals surface area contributed by atoms with Gasteiger partial charge in [-0.2, -0.15) is 9.29 Å². The molecular weight excluding hydrogens is 444 g/mol. The van der Waals surface area contributed by atoms with Crippen molar-refractivity contribution in [2.24, 2.45) is 0 Å². The van der Waals surface area contributed by atoms with Gasteiger partial charge in [0, 0.05) is 70.2 Å². The van der Waals surface area contributed by atoms with E-state index in [0.29, 0.717) is 43.6 Å². The van der Waals surface area contributed by atoms with Crippen molar-refractivity contribution in [2.45, 2.75) is 11.8 Å². The second-order valence-corrected chi connectivity index (χ2v) is 10.3. The lowest BCUT2D eigenvalue weighted by Crippen LogP contribution is -2.49. The Hall–Kier alpha value is -2.63. The molecular formula is C22H32N6O4S. The fourth-order valence-corrected chi connectivity index (χ4v) is 5.72. The van der Waals surface area contributed by atoms with Gasteiger partial charge >= 0.3 is 0 Å². The van der Waals surface area contributed by atoms with E-state index in [1.165, 1.54) is 24.6 Å². The van der Waals surface area contributed by atoms with E-state index in [1.807, 2.05) is 13.0 Å². The Kier molecular flexibility index (Phi) is 6.91. The third-order valence-electron chi connectivity index (χ3n) is 6.17. The van der Waals surface area contributed by atoms with Crippen LogP contribution in [0.2, 0.25) is 0 Å². The number of sulfonamides is 1. The summed E-state index contributed by atoms with van der Waals surface area (Å²) >= 11 is 0. The second-order valence-electron chi connectivity index (χ2n) is 8.37. The van der Waals surface area contributed by atoms with Gasteiger partial charge in [0.05, 0.1) is 14.2 Å². The number of ether oxygens (including phenoxy) is 2. The lowest BCUT2D eigenvalue weighted by atomic mass is 10.3. The van der Waals surface area contributed by atoms with Crippen molar-refractivity contribution in [3.05, 3.63) is 30.0 Å². The molecule has 0 N–H and O–H groups in total. The summed E-state index contributed by atoms with van der Waals surface area (Å²) in [5, 5.41) is 0. The lowest BCUT2D eigenvalue weighted by molar-refractivity contribution is 0.312. The van der Waals surface area contributed by atoms with Crippen molar-refractivity contribution in [3.8, 4) is 11.5 Å². The standard InChI is InChI=1S/C22H32N6O4S/c1-17-15-21(26-9-7-25(2)8-10-26)24-22(23-17)27-11-13-28(14-12-27)33(29,30)20-16-18(31-3)5-6-19(20)32-4/h5-6,15-16H,7-14H2,1-4H3. The zero-order valence-electron chi connectivity index (χ0n) is 19.7. The van der Waals surface area contributed by atoms with E-state index in [2.05, 4.69) is 26.7 Å². The van der Waals surface area contributed by atoms with Crippen LogP contribution in [0.4, 0.5) is 11.8 Å². The summed E-state index contributed by atoms with van der Waals surface area (Å²) in [4.78, 5) is 16.2. The fraction of sp³-hybridized carbons (Fsp3) is 0.545. The summed E-state index contributed by atoms with van der Waals surface area (Å²) in [5.41, 5.74) is 0.907. The Labute approximate surface area is 195 Å². The first-order chi connectivity index (χ1) is 15.8. The molecule has 33 heavy (non-hydrogen) atoms. The van der Waals surface area contributed by atoms with Gasteiger partial charge in [0.2, 0.25) is 16.0 Å². The molecule has 3 heterocycles. The number of aryl methyl sites for hydroxylation is 1. The van der Waals surface area contributed by atoms with Crippen LogP contribution < -0.4 is 19.3 Å². The Balaban J connectivity index is 1.49. The largest absolute Gasteiger partial charge is 0.497 e. The molecule has 4 rings (SSSR count). The molecule has 0 unspecified atom stereocenters. The smallest absolute Gasteiger partial charge is 0.247 e. The Morgan fingerprint density at radius 3 is 2.15 bits per heavy atom. The van der Waals surface area contributed by atoms with Crippen LogP contribution in [0, 0.1) is 6.92 Å². The van der Waals surface area contributed by atoms with Crippen LogP contribution in [0.15, 0.2) is 29.2 Å². The maximum absolute atomic E-state index is 13.3. The summed E-state index contributed by atoms with van der Waals surface area (Å²) in [6.45, 7) is 7.54. The van der Waals surface area contributed by atoms with Crippen molar-refractivity contribution in [1.29, 1.82) is 0 Å². The third-order valence-corrected chi connectivity index (χ3v) is 8.09. The number of likely N-dealkylation sites (N-methyl/N-ethyl adjacent to an activating group) is 1. The molecule has 0 saturated carbocycles. The van der Waals surface area contributed by atoms with Gasteiger partial charge in [-0.05, 0) is 26.1 Å². The van der Waals surface area contributed by atoms with Gasteiger partial charge in [-0.15, -0.1) is 0 Å². The number of aromatic nitrogens is 2. The summed E-state index contributed by atoms with van der Waals surface area (Å²) in [6.07, 6.45) is 0. The summed E-state index contributed by atoms with van der Waals surface area (Å²) in [5.74, 6) is 2.36. The average molecular weight is 477 g/mol. The maximum Gasteiger partial charge on any atom is 0.247 e. The quantitative estimate of drug-likeness (QED) is 0.607. The highest BCUT2D eigenvalue weighted by Gasteiger charge is 2.32. The minimum absolute atomic E-state index is 0.113. The van der Waals surface area contributed by atoms with Crippen molar-refractivity contribution >= 4 is 21.8 Å². The van der Waals surface area contributed by atoms with Gasteiger partial charge in [-0.3, -0.25) is 0 Å². The highest BCUT2D eigenvalue weighted by molar-refractivity contribution is 7.89. The molecule has 0 spiro atoms. The summed E-state index contributed by atoms with van der Waals surface area (Å²) < 4.78 is 38.7. The number of anilines is 2. The van der Waals surface area contributed by atoms with Crippen LogP contribution in [-0.4, -0.2) is 101 Å². The number of piperazine rings is 2. The number of methoxy groups -OCH3 is 2. The van der Waals surface area contributed by atoms with Crippen LogP contribution in [0.25, 0.3) is 0 Å². The topological polar surface area (TPSA) is 91.3 Å². The summed E-state index contributed by atoms with van der Waals surface area (Å²) in [7, 11) is 1.37. The number of hydrogen-bond donors (Lipinski definition) is 0. The van der Waals surface area contributed by atoms with E-state index in [-0.39, 0.29) is 4.90 Å². The van der Waals surface area contributed by atoms with E-state index >= 15 is 0 Å². The third kappa shape index (κ3) is 4.99. The van der Waals surface area contributed by atoms with E-state index in [1.54, 1.807) is 12.1 Å². The highest BCUT2D eigenvalue weighted by Crippen LogP contribution is 2.31. The molecule has 0 radical (unpaired) electrons. The molecule has 2 aliphatic heterocycles. The highest BCUT2D eigenvalue weighted by atomic mass is 32.2. The van der Waals surface area contributed by atoms with Crippen molar-refractivity contribution in [3.63, 3.8) is 0 Å². The zero-order valence-corrected chi connectivity index (χ0v) is 20.5. The maximum atomic E-state index is 13.3. The SMILES string of the molecule is COc1ccc(OC)c(S(=O)(=O)N2CCN(c3nc(C)cc(N4CCN(C)CC4)n3)CC2)c1. The van der Waals surface area contributed by atoms with E-state index in [0.717, 1.165) is 37.7 Å². The van der Waals surface area contributed by atoms with Gasteiger partial charge in [-0.25, -0.2) is 13.4 Å². The number of nitrogens with zero attached hydrogens (tertiary/aromatic N) is 6. The number of benzene rings is 1. The second kappa shape index (κ2) is 9.70. The normalized spacial score (nSPS) is 18.4. The average Bonchev–Trinajstić information content (AvgIpc) is 2.83. The zero-order chi connectivity index (χ0) is 23.6. The summed E-state index contributed by atoms with van der Waals surface area (Å²) in [6, 6.07) is 6.82. The predicted molar refractivity (Wildman–Crippen MR) is 127 cm³/mol. The van der Waals surface area contributed by atoms with Crippen LogP contribution >= 0.6 is 0 Å². The monoisotopic (exact) mass is 476 g/mol. The Morgan fingerprint density at radius 2 is 1.52 bits per heavy atom. The molecule has 0 atom stereocenters. The first-order valence-corrected chi connectivity index (χ1v) is 12.5. The minimum Gasteiger partial charge on any atom is -0.497 e. The number of hydrogen-bond acceptors (Lipinski definition) is 9. The van der Waals surface area contributed by atoms with Crippen molar-refractivity contribution in [2.75, 3.05) is 83.4 Å². The van der Waals surface area contributed by atoms with Crippen LogP contribution in [0.1, 0.15) is 5.69 Å². The molecule has 11 heteroatoms. The molecule has 2 aromatic rings. The van der Waals surface area contributed by atoms with Gasteiger partial charge in [-0.1, -0.05) is 0 Å². The molecule has 2 saturated heterocycles. The van der Waals surface area contributed by atoms with E-state index < -0.39 is 10.0 Å². The van der Waals surface area contributed by atoms with Gasteiger partial charge in [0.15, 0.2) is 0 Å². The first-order valence-electron chi connectivity index (χ1n) is 11.1. The van der Waals surface area contributed by atoms with E-state index in [9.17, 15) is 8.42 Å². The van der Waals surface area contributed by atoms with Crippen molar-refractivity contribution in [1.82, 2.24) is 19.2 Å². The Bertz CT molecular complexity index is 1080. The molecule has 180 valence electrons. The van der Waals surface area contributed by atoms with Crippen molar-refractivity contribution < 1.29 is 17.9 Å².